The van der Waals surface area contributed by atoms with Crippen LogP contribution in [0.15, 0.2) is 30.5 Å². The number of hydrogen-bond donors (Lipinski definition) is 3. The van der Waals surface area contributed by atoms with Gasteiger partial charge in [0.05, 0.1) is 11.4 Å². The number of benzene rings is 1. The number of hydrazine groups is 2. The quantitative estimate of drug-likeness (QED) is 0.538. The number of aromatic nitrogens is 1. The van der Waals surface area contributed by atoms with Crippen LogP contribution >= 0.6 is 0 Å². The Kier molecular flexibility index (Phi) is 5.08. The molecule has 0 aliphatic carbocycles. The Hall–Kier alpha value is -2.02. The van der Waals surface area contributed by atoms with Crippen LogP contribution < -0.4 is 21.3 Å². The number of fused-ring (bicyclic) bond motifs is 1. The number of nitrogens with zero attached hydrogens (tertiary/aromatic N) is 2. The van der Waals surface area contributed by atoms with Crippen molar-refractivity contribution in [3.05, 3.63) is 36.2 Å². The highest BCUT2D eigenvalue weighted by Crippen LogP contribution is 2.41. The predicted molar refractivity (Wildman–Crippen MR) is 98.7 cm³/mol. The number of aryl methyl sites for hydroxylation is 1. The number of hydrogen-bond acceptors (Lipinski definition) is 5. The summed E-state index contributed by atoms with van der Waals surface area (Å²) in [6.07, 6.45) is 4.42. The van der Waals surface area contributed by atoms with Gasteiger partial charge < -0.3 is 19.7 Å². The standard InChI is InChI=1S/C18H27N5O/c1-5-6-11-19-20-14-9-7-13(8-10-14)15-12-22(2)17-16(15)23(3)21-18(17)24-4/h7-10,12,18-21H,5-6,11H2,1-4H3. The molecular formula is C18H27N5O. The molecule has 2 aromatic rings. The van der Waals surface area contributed by atoms with Gasteiger partial charge in [-0.3, -0.25) is 0 Å². The van der Waals surface area contributed by atoms with Gasteiger partial charge in [0.1, 0.15) is 0 Å². The molecule has 24 heavy (non-hydrogen) atoms. The molecule has 0 bridgehead atoms. The van der Waals surface area contributed by atoms with E-state index in [1.165, 1.54) is 29.7 Å². The third-order valence-corrected chi connectivity index (χ3v) is 4.41. The molecule has 0 fully saturated rings. The Morgan fingerprint density at radius 2 is 1.96 bits per heavy atom. The number of methoxy groups -OCH3 is 1. The smallest absolute Gasteiger partial charge is 0.167 e. The molecule has 0 saturated carbocycles. The fraction of sp³-hybridized carbons (Fsp3) is 0.444. The summed E-state index contributed by atoms with van der Waals surface area (Å²) in [6, 6.07) is 8.49. The van der Waals surface area contributed by atoms with Crippen molar-refractivity contribution in [1.82, 2.24) is 15.4 Å². The first kappa shape index (κ1) is 16.8. The molecule has 1 unspecified atom stereocenters. The first-order valence-corrected chi connectivity index (χ1v) is 8.47. The Labute approximate surface area is 143 Å². The summed E-state index contributed by atoms with van der Waals surface area (Å²) >= 11 is 0. The highest BCUT2D eigenvalue weighted by Gasteiger charge is 2.32. The van der Waals surface area contributed by atoms with Crippen LogP contribution in [0.1, 0.15) is 31.7 Å². The zero-order valence-corrected chi connectivity index (χ0v) is 14.9. The van der Waals surface area contributed by atoms with Gasteiger partial charge in [-0.05, 0) is 24.1 Å². The summed E-state index contributed by atoms with van der Waals surface area (Å²) in [5.74, 6) is 0. The third kappa shape index (κ3) is 3.13. The first-order valence-electron chi connectivity index (χ1n) is 8.47. The molecule has 0 amide bonds. The van der Waals surface area contributed by atoms with Crippen LogP contribution in [-0.4, -0.2) is 25.3 Å². The molecule has 2 heterocycles. The average molecular weight is 329 g/mol. The summed E-state index contributed by atoms with van der Waals surface area (Å²) in [6.45, 7) is 3.16. The van der Waals surface area contributed by atoms with Gasteiger partial charge in [0.15, 0.2) is 6.23 Å². The second kappa shape index (κ2) is 7.25. The van der Waals surface area contributed by atoms with E-state index in [1.807, 2.05) is 12.1 Å². The minimum atomic E-state index is -0.104. The number of ether oxygens (including phenoxy) is 1. The summed E-state index contributed by atoms with van der Waals surface area (Å²) in [4.78, 5) is 0. The lowest BCUT2D eigenvalue weighted by Gasteiger charge is -2.16. The number of anilines is 2. The first-order chi connectivity index (χ1) is 11.7. The van der Waals surface area contributed by atoms with E-state index in [2.05, 4.69) is 65.3 Å². The molecule has 0 saturated heterocycles. The summed E-state index contributed by atoms with van der Waals surface area (Å²) in [5.41, 5.74) is 15.6. The van der Waals surface area contributed by atoms with Crippen LogP contribution in [-0.2, 0) is 11.8 Å². The van der Waals surface area contributed by atoms with E-state index < -0.39 is 0 Å². The summed E-state index contributed by atoms with van der Waals surface area (Å²) in [7, 11) is 5.80. The lowest BCUT2D eigenvalue weighted by Crippen LogP contribution is -2.31. The molecular weight excluding hydrogens is 302 g/mol. The maximum absolute atomic E-state index is 5.53. The normalized spacial score (nSPS) is 16.5. The van der Waals surface area contributed by atoms with Crippen molar-refractivity contribution in [2.75, 3.05) is 31.1 Å². The molecule has 1 aliphatic heterocycles. The van der Waals surface area contributed by atoms with Gasteiger partial charge in [-0.1, -0.05) is 25.5 Å². The fourth-order valence-electron chi connectivity index (χ4n) is 3.13. The molecule has 3 rings (SSSR count). The van der Waals surface area contributed by atoms with E-state index in [0.29, 0.717) is 0 Å². The molecule has 6 heteroatoms. The predicted octanol–water partition coefficient (Wildman–Crippen LogP) is 3.01. The van der Waals surface area contributed by atoms with Crippen LogP contribution in [0.3, 0.4) is 0 Å². The van der Waals surface area contributed by atoms with E-state index in [1.54, 1.807) is 7.11 Å². The topological polar surface area (TPSA) is 53.5 Å². The highest BCUT2D eigenvalue weighted by atomic mass is 16.5. The zero-order valence-electron chi connectivity index (χ0n) is 14.9. The largest absolute Gasteiger partial charge is 0.359 e. The molecule has 0 radical (unpaired) electrons. The van der Waals surface area contributed by atoms with Gasteiger partial charge in [0, 0.05) is 45.2 Å². The van der Waals surface area contributed by atoms with Crippen molar-refractivity contribution in [1.29, 1.82) is 0 Å². The van der Waals surface area contributed by atoms with Crippen molar-refractivity contribution >= 4 is 11.4 Å². The van der Waals surface area contributed by atoms with Crippen LogP contribution in [0, 0.1) is 0 Å². The molecule has 3 N–H and O–H groups in total. The number of nitrogens with one attached hydrogen (secondary N) is 3. The maximum Gasteiger partial charge on any atom is 0.167 e. The Morgan fingerprint density at radius 3 is 2.62 bits per heavy atom. The van der Waals surface area contributed by atoms with Crippen molar-refractivity contribution in [3.8, 4) is 11.1 Å². The van der Waals surface area contributed by atoms with E-state index >= 15 is 0 Å². The van der Waals surface area contributed by atoms with Crippen molar-refractivity contribution in [2.45, 2.75) is 26.0 Å². The van der Waals surface area contributed by atoms with E-state index in [4.69, 9.17) is 4.74 Å². The molecule has 1 aromatic heterocycles. The Morgan fingerprint density at radius 1 is 1.21 bits per heavy atom. The average Bonchev–Trinajstić information content (AvgIpc) is 3.11. The van der Waals surface area contributed by atoms with Crippen LogP contribution in [0.25, 0.3) is 11.1 Å². The minimum absolute atomic E-state index is 0.104. The lowest BCUT2D eigenvalue weighted by atomic mass is 10.1. The highest BCUT2D eigenvalue weighted by molar-refractivity contribution is 5.82. The van der Waals surface area contributed by atoms with E-state index in [9.17, 15) is 0 Å². The summed E-state index contributed by atoms with van der Waals surface area (Å²) in [5, 5.41) is 2.04. The second-order valence-corrected chi connectivity index (χ2v) is 6.17. The van der Waals surface area contributed by atoms with Crippen LogP contribution in [0.2, 0.25) is 0 Å². The number of rotatable bonds is 7. The molecule has 1 aliphatic rings. The monoisotopic (exact) mass is 329 g/mol. The van der Waals surface area contributed by atoms with Gasteiger partial charge >= 0.3 is 0 Å². The maximum atomic E-state index is 5.53. The minimum Gasteiger partial charge on any atom is -0.359 e. The van der Waals surface area contributed by atoms with Crippen LogP contribution in [0.5, 0.6) is 0 Å². The Balaban J connectivity index is 1.79. The fourth-order valence-corrected chi connectivity index (χ4v) is 3.13. The molecule has 6 nitrogen and oxygen atoms in total. The molecule has 1 atom stereocenters. The second-order valence-electron chi connectivity index (χ2n) is 6.17. The van der Waals surface area contributed by atoms with Gasteiger partial charge in [0.2, 0.25) is 0 Å². The van der Waals surface area contributed by atoms with Crippen molar-refractivity contribution in [2.24, 2.45) is 7.05 Å². The van der Waals surface area contributed by atoms with Gasteiger partial charge in [-0.2, -0.15) is 0 Å². The van der Waals surface area contributed by atoms with Gasteiger partial charge in [-0.15, -0.1) is 0 Å². The van der Waals surface area contributed by atoms with E-state index in [-0.39, 0.29) is 6.23 Å². The molecule has 1 aromatic carbocycles. The van der Waals surface area contributed by atoms with Gasteiger partial charge in [-0.25, -0.2) is 10.9 Å². The summed E-state index contributed by atoms with van der Waals surface area (Å²) < 4.78 is 7.66. The SMILES string of the molecule is CCCCNNc1ccc(-c2cn(C)c3c2N(C)NC3OC)cc1. The van der Waals surface area contributed by atoms with E-state index in [0.717, 1.165) is 17.9 Å². The molecule has 130 valence electrons. The zero-order chi connectivity index (χ0) is 17.1. The molecule has 0 spiro atoms. The lowest BCUT2D eigenvalue weighted by molar-refractivity contribution is 0.0768. The van der Waals surface area contributed by atoms with Crippen LogP contribution in [0.4, 0.5) is 11.4 Å². The van der Waals surface area contributed by atoms with Gasteiger partial charge in [0.25, 0.3) is 0 Å². The van der Waals surface area contributed by atoms with Crippen molar-refractivity contribution < 1.29 is 4.74 Å². The Bertz CT molecular complexity index is 679. The van der Waals surface area contributed by atoms with Crippen molar-refractivity contribution in [3.63, 3.8) is 0 Å². The third-order valence-electron chi connectivity index (χ3n) is 4.41. The number of unbranched alkanes of at least 4 members (excludes halogenated alkanes) is 1.